The summed E-state index contributed by atoms with van der Waals surface area (Å²) >= 11 is 0. The summed E-state index contributed by atoms with van der Waals surface area (Å²) < 4.78 is 4.96. The molecule has 1 rings (SSSR count). The van der Waals surface area contributed by atoms with E-state index in [1.54, 1.807) is 12.1 Å². The van der Waals surface area contributed by atoms with E-state index in [1.807, 2.05) is 6.92 Å². The van der Waals surface area contributed by atoms with Crippen molar-refractivity contribution in [2.24, 2.45) is 0 Å². The Morgan fingerprint density at radius 1 is 1.64 bits per heavy atom. The van der Waals surface area contributed by atoms with Crippen LogP contribution in [-0.2, 0) is 0 Å². The average molecular weight is 197 g/mol. The van der Waals surface area contributed by atoms with Crippen molar-refractivity contribution < 1.29 is 9.84 Å². The number of hydrogen-bond donors (Lipinski definition) is 3. The third-order valence-electron chi connectivity index (χ3n) is 1.77. The van der Waals surface area contributed by atoms with E-state index in [-0.39, 0.29) is 12.6 Å². The zero-order valence-electron chi connectivity index (χ0n) is 8.32. The van der Waals surface area contributed by atoms with Crippen LogP contribution in [0.25, 0.3) is 0 Å². The Balaban J connectivity index is 2.83. The number of aliphatic hydroxyl groups excluding tert-OH is 1. The van der Waals surface area contributed by atoms with Crippen LogP contribution in [0, 0.1) is 0 Å². The SMILES string of the molecule is COc1ccc(N)c(NC(C)CO)n1. The average Bonchev–Trinajstić information content (AvgIpc) is 2.21. The lowest BCUT2D eigenvalue weighted by Crippen LogP contribution is -2.20. The summed E-state index contributed by atoms with van der Waals surface area (Å²) in [5.41, 5.74) is 6.22. The molecule has 1 heterocycles. The monoisotopic (exact) mass is 197 g/mol. The van der Waals surface area contributed by atoms with E-state index in [0.717, 1.165) is 0 Å². The van der Waals surface area contributed by atoms with Crippen molar-refractivity contribution in [2.75, 3.05) is 24.8 Å². The van der Waals surface area contributed by atoms with Crippen molar-refractivity contribution in [1.29, 1.82) is 0 Å². The first-order valence-electron chi connectivity index (χ1n) is 4.35. The largest absolute Gasteiger partial charge is 0.481 e. The number of nitrogen functional groups attached to an aromatic ring is 1. The fraction of sp³-hybridized carbons (Fsp3) is 0.444. The molecule has 0 aliphatic rings. The topological polar surface area (TPSA) is 80.4 Å². The van der Waals surface area contributed by atoms with Crippen LogP contribution in [0.3, 0.4) is 0 Å². The van der Waals surface area contributed by atoms with Gasteiger partial charge in [0.15, 0.2) is 5.82 Å². The molecule has 0 radical (unpaired) electrons. The fourth-order valence-corrected chi connectivity index (χ4v) is 0.960. The number of rotatable bonds is 4. The summed E-state index contributed by atoms with van der Waals surface area (Å²) in [5, 5.41) is 11.8. The Labute approximate surface area is 82.9 Å². The van der Waals surface area contributed by atoms with Gasteiger partial charge < -0.3 is 20.9 Å². The zero-order valence-corrected chi connectivity index (χ0v) is 8.32. The van der Waals surface area contributed by atoms with Crippen molar-refractivity contribution in [2.45, 2.75) is 13.0 Å². The van der Waals surface area contributed by atoms with Crippen LogP contribution in [0.1, 0.15) is 6.92 Å². The third-order valence-corrected chi connectivity index (χ3v) is 1.77. The van der Waals surface area contributed by atoms with Gasteiger partial charge in [-0.3, -0.25) is 0 Å². The number of aromatic nitrogens is 1. The number of ether oxygens (including phenoxy) is 1. The van der Waals surface area contributed by atoms with Gasteiger partial charge in [0.25, 0.3) is 0 Å². The molecule has 5 nitrogen and oxygen atoms in total. The summed E-state index contributed by atoms with van der Waals surface area (Å²) in [4.78, 5) is 4.11. The molecule has 1 aromatic heterocycles. The number of nitrogens with one attached hydrogen (secondary N) is 1. The Kier molecular flexibility index (Phi) is 3.53. The molecular formula is C9H15N3O2. The summed E-state index contributed by atoms with van der Waals surface area (Å²) in [6.07, 6.45) is 0. The highest BCUT2D eigenvalue weighted by atomic mass is 16.5. The van der Waals surface area contributed by atoms with Gasteiger partial charge in [0.05, 0.1) is 19.4 Å². The van der Waals surface area contributed by atoms with Crippen molar-refractivity contribution in [3.05, 3.63) is 12.1 Å². The zero-order chi connectivity index (χ0) is 10.6. The second-order valence-corrected chi connectivity index (χ2v) is 3.02. The van der Waals surface area contributed by atoms with Gasteiger partial charge in [0.2, 0.25) is 5.88 Å². The number of anilines is 2. The van der Waals surface area contributed by atoms with Crippen LogP contribution in [0.5, 0.6) is 5.88 Å². The Hall–Kier alpha value is -1.49. The van der Waals surface area contributed by atoms with Crippen LogP contribution in [0.4, 0.5) is 11.5 Å². The molecule has 1 unspecified atom stereocenters. The normalized spacial score (nSPS) is 12.2. The van der Waals surface area contributed by atoms with E-state index in [2.05, 4.69) is 10.3 Å². The standard InChI is InChI=1S/C9H15N3O2/c1-6(5-13)11-9-7(10)3-4-8(12-9)14-2/h3-4,6,13H,5,10H2,1-2H3,(H,11,12). The van der Waals surface area contributed by atoms with Gasteiger partial charge in [0.1, 0.15) is 0 Å². The molecule has 14 heavy (non-hydrogen) atoms. The van der Waals surface area contributed by atoms with Crippen LogP contribution in [0.2, 0.25) is 0 Å². The lowest BCUT2D eigenvalue weighted by Gasteiger charge is -2.13. The molecule has 1 atom stereocenters. The summed E-state index contributed by atoms with van der Waals surface area (Å²) in [6.45, 7) is 1.86. The molecule has 0 aliphatic heterocycles. The number of pyridine rings is 1. The number of nitrogens with two attached hydrogens (primary N) is 1. The molecule has 0 spiro atoms. The summed E-state index contributed by atoms with van der Waals surface area (Å²) in [5.74, 6) is 1.03. The minimum Gasteiger partial charge on any atom is -0.481 e. The van der Waals surface area contributed by atoms with E-state index in [4.69, 9.17) is 15.6 Å². The Morgan fingerprint density at radius 3 is 2.93 bits per heavy atom. The minimum atomic E-state index is -0.0862. The number of methoxy groups -OCH3 is 1. The number of aliphatic hydroxyl groups is 1. The fourth-order valence-electron chi connectivity index (χ4n) is 0.960. The molecule has 5 heteroatoms. The second kappa shape index (κ2) is 4.66. The third kappa shape index (κ3) is 2.50. The highest BCUT2D eigenvalue weighted by Crippen LogP contribution is 2.19. The molecule has 4 N–H and O–H groups in total. The predicted molar refractivity (Wildman–Crippen MR) is 55.4 cm³/mol. The Bertz CT molecular complexity index is 304. The summed E-state index contributed by atoms with van der Waals surface area (Å²) in [7, 11) is 1.54. The van der Waals surface area contributed by atoms with Gasteiger partial charge in [-0.25, -0.2) is 0 Å². The molecule has 0 bridgehead atoms. The van der Waals surface area contributed by atoms with Crippen molar-refractivity contribution in [3.8, 4) is 5.88 Å². The summed E-state index contributed by atoms with van der Waals surface area (Å²) in [6, 6.07) is 3.31. The van der Waals surface area contributed by atoms with E-state index in [9.17, 15) is 0 Å². The van der Waals surface area contributed by atoms with Crippen molar-refractivity contribution in [1.82, 2.24) is 4.98 Å². The smallest absolute Gasteiger partial charge is 0.215 e. The van der Waals surface area contributed by atoms with Crippen LogP contribution in [-0.4, -0.2) is 29.8 Å². The Morgan fingerprint density at radius 2 is 2.36 bits per heavy atom. The van der Waals surface area contributed by atoms with E-state index in [1.165, 1.54) is 7.11 Å². The maximum absolute atomic E-state index is 8.85. The highest BCUT2D eigenvalue weighted by molar-refractivity contribution is 5.62. The van der Waals surface area contributed by atoms with E-state index >= 15 is 0 Å². The van der Waals surface area contributed by atoms with E-state index < -0.39 is 0 Å². The van der Waals surface area contributed by atoms with Gasteiger partial charge in [-0.2, -0.15) is 4.98 Å². The molecule has 78 valence electrons. The molecule has 1 aromatic rings. The first kappa shape index (κ1) is 10.6. The van der Waals surface area contributed by atoms with Gasteiger partial charge in [-0.1, -0.05) is 0 Å². The van der Waals surface area contributed by atoms with Gasteiger partial charge in [0, 0.05) is 12.1 Å². The van der Waals surface area contributed by atoms with Crippen LogP contribution < -0.4 is 15.8 Å². The predicted octanol–water partition coefficient (Wildman–Crippen LogP) is 0.465. The van der Waals surface area contributed by atoms with Gasteiger partial charge in [-0.05, 0) is 13.0 Å². The van der Waals surface area contributed by atoms with Crippen LogP contribution >= 0.6 is 0 Å². The highest BCUT2D eigenvalue weighted by Gasteiger charge is 2.06. The minimum absolute atomic E-state index is 0.0261. The first-order valence-corrected chi connectivity index (χ1v) is 4.35. The molecule has 0 saturated heterocycles. The van der Waals surface area contributed by atoms with Crippen molar-refractivity contribution in [3.63, 3.8) is 0 Å². The molecular weight excluding hydrogens is 182 g/mol. The van der Waals surface area contributed by atoms with Crippen molar-refractivity contribution >= 4 is 11.5 Å². The van der Waals surface area contributed by atoms with Gasteiger partial charge in [-0.15, -0.1) is 0 Å². The second-order valence-electron chi connectivity index (χ2n) is 3.02. The number of hydrogen-bond acceptors (Lipinski definition) is 5. The molecule has 0 aliphatic carbocycles. The molecule has 0 fully saturated rings. The maximum atomic E-state index is 8.85. The maximum Gasteiger partial charge on any atom is 0.215 e. The number of nitrogens with zero attached hydrogens (tertiary/aromatic N) is 1. The van der Waals surface area contributed by atoms with Gasteiger partial charge >= 0.3 is 0 Å². The van der Waals surface area contributed by atoms with E-state index in [0.29, 0.717) is 17.4 Å². The first-order chi connectivity index (χ1) is 6.67. The lowest BCUT2D eigenvalue weighted by molar-refractivity contribution is 0.281. The quantitative estimate of drug-likeness (QED) is 0.653. The molecule has 0 saturated carbocycles. The molecule has 0 aromatic carbocycles. The van der Waals surface area contributed by atoms with Crippen LogP contribution in [0.15, 0.2) is 12.1 Å². The lowest BCUT2D eigenvalue weighted by atomic mass is 10.3. The molecule has 0 amide bonds.